The molecule has 0 aromatic rings. The van der Waals surface area contributed by atoms with Crippen molar-refractivity contribution in [2.24, 2.45) is 5.41 Å². The third-order valence-electron chi connectivity index (χ3n) is 3.61. The third-order valence-corrected chi connectivity index (χ3v) is 3.61. The minimum atomic E-state index is 0.0552. The number of hydrogen-bond acceptors (Lipinski definition) is 3. The van der Waals surface area contributed by atoms with Crippen molar-refractivity contribution in [3.8, 4) is 0 Å². The maximum atomic E-state index is 12.1. The van der Waals surface area contributed by atoms with E-state index in [1.54, 1.807) is 0 Å². The molecule has 1 aliphatic carbocycles. The lowest BCUT2D eigenvalue weighted by atomic mass is 9.85. The number of nitrogens with zero attached hydrogens (tertiary/aromatic N) is 1. The van der Waals surface area contributed by atoms with Gasteiger partial charge in [0.1, 0.15) is 0 Å². The van der Waals surface area contributed by atoms with Crippen molar-refractivity contribution in [3.05, 3.63) is 0 Å². The summed E-state index contributed by atoms with van der Waals surface area (Å²) in [5, 5.41) is 12.4. The summed E-state index contributed by atoms with van der Waals surface area (Å²) < 4.78 is 0. The predicted octanol–water partition coefficient (Wildman–Crippen LogP) is 1.38. The lowest BCUT2D eigenvalue weighted by Crippen LogP contribution is -2.47. The van der Waals surface area contributed by atoms with Crippen molar-refractivity contribution >= 4 is 5.91 Å². The molecular weight excluding hydrogens is 228 g/mol. The molecule has 1 rings (SSSR count). The fourth-order valence-corrected chi connectivity index (χ4v) is 2.31. The maximum absolute atomic E-state index is 12.1. The number of nitrogens with one attached hydrogen (secondary N) is 1. The monoisotopic (exact) mass is 256 g/mol. The van der Waals surface area contributed by atoms with Crippen molar-refractivity contribution in [3.63, 3.8) is 0 Å². The van der Waals surface area contributed by atoms with Gasteiger partial charge in [0, 0.05) is 25.2 Å². The molecule has 0 spiro atoms. The van der Waals surface area contributed by atoms with Crippen LogP contribution in [0, 0.1) is 5.41 Å². The zero-order valence-corrected chi connectivity index (χ0v) is 12.2. The summed E-state index contributed by atoms with van der Waals surface area (Å²) in [6, 6.07) is 0.652. The maximum Gasteiger partial charge on any atom is 0.236 e. The van der Waals surface area contributed by atoms with Crippen LogP contribution in [-0.4, -0.2) is 47.7 Å². The Morgan fingerprint density at radius 3 is 2.44 bits per heavy atom. The van der Waals surface area contributed by atoms with Gasteiger partial charge in [0.25, 0.3) is 0 Å². The Bertz CT molecular complexity index is 269. The predicted molar refractivity (Wildman–Crippen MR) is 73.4 cm³/mol. The number of carbonyl (C=O) groups excluding carboxylic acids is 1. The van der Waals surface area contributed by atoms with Crippen LogP contribution < -0.4 is 5.32 Å². The highest BCUT2D eigenvalue weighted by Crippen LogP contribution is 2.26. The number of aliphatic hydroxyl groups is 1. The van der Waals surface area contributed by atoms with Crippen LogP contribution in [0.5, 0.6) is 0 Å². The molecule has 2 N–H and O–H groups in total. The molecule has 1 atom stereocenters. The van der Waals surface area contributed by atoms with Crippen LogP contribution >= 0.6 is 0 Å². The quantitative estimate of drug-likeness (QED) is 0.723. The fourth-order valence-electron chi connectivity index (χ4n) is 2.31. The molecule has 0 saturated heterocycles. The molecule has 1 fully saturated rings. The highest BCUT2D eigenvalue weighted by molar-refractivity contribution is 5.78. The van der Waals surface area contributed by atoms with E-state index in [1.165, 1.54) is 0 Å². The van der Waals surface area contributed by atoms with E-state index < -0.39 is 0 Å². The minimum Gasteiger partial charge on any atom is -0.396 e. The zero-order chi connectivity index (χ0) is 13.8. The molecule has 4 nitrogen and oxygen atoms in total. The van der Waals surface area contributed by atoms with Crippen molar-refractivity contribution < 1.29 is 9.90 Å². The Kier molecular flexibility index (Phi) is 5.60. The molecule has 1 saturated carbocycles. The highest BCUT2D eigenvalue weighted by atomic mass is 16.3. The van der Waals surface area contributed by atoms with E-state index in [0.717, 1.165) is 19.4 Å². The van der Waals surface area contributed by atoms with Gasteiger partial charge in [-0.2, -0.15) is 0 Å². The molecule has 18 heavy (non-hydrogen) atoms. The first-order valence-electron chi connectivity index (χ1n) is 7.03. The van der Waals surface area contributed by atoms with E-state index in [-0.39, 0.29) is 24.0 Å². The van der Waals surface area contributed by atoms with Crippen LogP contribution in [0.15, 0.2) is 0 Å². The first kappa shape index (κ1) is 15.4. The first-order valence-corrected chi connectivity index (χ1v) is 7.03. The van der Waals surface area contributed by atoms with E-state index in [9.17, 15) is 4.79 Å². The highest BCUT2D eigenvalue weighted by Gasteiger charge is 2.32. The third kappa shape index (κ3) is 4.58. The first-order chi connectivity index (χ1) is 8.40. The van der Waals surface area contributed by atoms with Crippen LogP contribution in [0.4, 0.5) is 0 Å². The summed E-state index contributed by atoms with van der Waals surface area (Å²) in [7, 11) is 0. The van der Waals surface area contributed by atoms with Gasteiger partial charge in [-0.1, -0.05) is 20.8 Å². The molecule has 1 amide bonds. The van der Waals surface area contributed by atoms with E-state index in [1.807, 2.05) is 11.8 Å². The second-order valence-corrected chi connectivity index (χ2v) is 6.22. The second kappa shape index (κ2) is 6.53. The summed E-state index contributed by atoms with van der Waals surface area (Å²) in [6.45, 7) is 9.75. The zero-order valence-electron chi connectivity index (χ0n) is 12.2. The molecule has 1 unspecified atom stereocenters. The molecule has 0 aromatic heterocycles. The van der Waals surface area contributed by atoms with Gasteiger partial charge in [0.05, 0.1) is 6.54 Å². The van der Waals surface area contributed by atoms with Crippen LogP contribution in [0.2, 0.25) is 0 Å². The van der Waals surface area contributed by atoms with Crippen molar-refractivity contribution in [2.75, 3.05) is 19.7 Å². The largest absolute Gasteiger partial charge is 0.396 e. The summed E-state index contributed by atoms with van der Waals surface area (Å²) >= 11 is 0. The summed E-state index contributed by atoms with van der Waals surface area (Å²) in [4.78, 5) is 14.1. The van der Waals surface area contributed by atoms with Crippen molar-refractivity contribution in [1.82, 2.24) is 10.2 Å². The fraction of sp³-hybridized carbons (Fsp3) is 0.929. The number of carbonyl (C=O) groups is 1. The molecule has 0 bridgehead atoms. The lowest BCUT2D eigenvalue weighted by Gasteiger charge is -2.32. The molecule has 0 radical (unpaired) electrons. The second-order valence-electron chi connectivity index (χ2n) is 6.22. The topological polar surface area (TPSA) is 52.6 Å². The van der Waals surface area contributed by atoms with Gasteiger partial charge in [-0.15, -0.1) is 0 Å². The van der Waals surface area contributed by atoms with Crippen LogP contribution in [0.1, 0.15) is 47.0 Å². The number of hydrogen-bond donors (Lipinski definition) is 2. The van der Waals surface area contributed by atoms with Gasteiger partial charge in [0.15, 0.2) is 0 Å². The SMILES string of the molecule is CCN(C(=O)CNC(CCO)C(C)(C)C)C1CC1. The van der Waals surface area contributed by atoms with Gasteiger partial charge in [-0.05, 0) is 31.6 Å². The average molecular weight is 256 g/mol. The van der Waals surface area contributed by atoms with Gasteiger partial charge in [-0.25, -0.2) is 0 Å². The number of amides is 1. The van der Waals surface area contributed by atoms with Crippen LogP contribution in [0.3, 0.4) is 0 Å². The molecule has 0 aromatic carbocycles. The van der Waals surface area contributed by atoms with Gasteiger partial charge < -0.3 is 15.3 Å². The Labute approximate surface area is 111 Å². The molecule has 0 aliphatic heterocycles. The van der Waals surface area contributed by atoms with E-state index in [0.29, 0.717) is 19.0 Å². The van der Waals surface area contributed by atoms with Crippen molar-refractivity contribution in [2.45, 2.75) is 59.0 Å². The molecular formula is C14H28N2O2. The average Bonchev–Trinajstić information content (AvgIpc) is 3.08. The van der Waals surface area contributed by atoms with Gasteiger partial charge in [-0.3, -0.25) is 4.79 Å². The summed E-state index contributed by atoms with van der Waals surface area (Å²) in [6.07, 6.45) is 2.99. The number of aliphatic hydroxyl groups excluding tert-OH is 1. The minimum absolute atomic E-state index is 0.0552. The van der Waals surface area contributed by atoms with Crippen LogP contribution in [0.25, 0.3) is 0 Å². The summed E-state index contributed by atoms with van der Waals surface area (Å²) in [5.41, 5.74) is 0.0552. The normalized spacial score (nSPS) is 17.6. The molecule has 4 heteroatoms. The van der Waals surface area contributed by atoms with Crippen molar-refractivity contribution in [1.29, 1.82) is 0 Å². The van der Waals surface area contributed by atoms with E-state index >= 15 is 0 Å². The molecule has 0 heterocycles. The van der Waals surface area contributed by atoms with Crippen LogP contribution in [-0.2, 0) is 4.79 Å². The molecule has 1 aliphatic rings. The molecule has 106 valence electrons. The Balaban J connectivity index is 2.43. The number of rotatable bonds is 7. The summed E-state index contributed by atoms with van der Waals surface area (Å²) in [5.74, 6) is 0.187. The standard InChI is InChI=1S/C14H28N2O2/c1-5-16(11-6-7-11)13(18)10-15-12(8-9-17)14(2,3)4/h11-12,15,17H,5-10H2,1-4H3. The Morgan fingerprint density at radius 1 is 1.44 bits per heavy atom. The smallest absolute Gasteiger partial charge is 0.236 e. The lowest BCUT2D eigenvalue weighted by molar-refractivity contribution is -0.130. The van der Waals surface area contributed by atoms with E-state index in [2.05, 4.69) is 26.1 Å². The van der Waals surface area contributed by atoms with E-state index in [4.69, 9.17) is 5.11 Å². The van der Waals surface area contributed by atoms with Gasteiger partial charge in [0.2, 0.25) is 5.91 Å². The Hall–Kier alpha value is -0.610. The number of likely N-dealkylation sites (N-methyl/N-ethyl adjacent to an activating group) is 1. The Morgan fingerprint density at radius 2 is 2.06 bits per heavy atom. The van der Waals surface area contributed by atoms with Gasteiger partial charge >= 0.3 is 0 Å².